The lowest BCUT2D eigenvalue weighted by atomic mass is 9.69. The third-order valence-corrected chi connectivity index (χ3v) is 8.09. The molecule has 0 aromatic heterocycles. The van der Waals surface area contributed by atoms with Crippen LogP contribution in [0.3, 0.4) is 0 Å². The third-order valence-electron chi connectivity index (χ3n) is 7.84. The summed E-state index contributed by atoms with van der Waals surface area (Å²) in [6.07, 6.45) is 4.79. The second-order valence-electron chi connectivity index (χ2n) is 10.1. The van der Waals surface area contributed by atoms with Crippen molar-refractivity contribution in [1.29, 1.82) is 0 Å². The maximum atomic E-state index is 13.8. The first-order valence-corrected chi connectivity index (χ1v) is 13.3. The van der Waals surface area contributed by atoms with Crippen LogP contribution in [0.15, 0.2) is 58.7 Å². The van der Waals surface area contributed by atoms with Gasteiger partial charge in [0.2, 0.25) is 0 Å². The second-order valence-corrected chi connectivity index (χ2v) is 10.5. The second kappa shape index (κ2) is 10.7. The Balaban J connectivity index is 1.52. The van der Waals surface area contributed by atoms with E-state index < -0.39 is 11.8 Å². The largest absolute Gasteiger partial charge is 0.493 e. The van der Waals surface area contributed by atoms with Crippen molar-refractivity contribution in [2.45, 2.75) is 63.4 Å². The summed E-state index contributed by atoms with van der Waals surface area (Å²) in [5.74, 6) is -0.143. The molecule has 2 aliphatic carbocycles. The van der Waals surface area contributed by atoms with Crippen LogP contribution in [0.25, 0.3) is 0 Å². The predicted molar refractivity (Wildman–Crippen MR) is 143 cm³/mol. The number of rotatable bonds is 6. The quantitative estimate of drug-likeness (QED) is 0.410. The molecular formula is C30H32ClNO5. The fourth-order valence-electron chi connectivity index (χ4n) is 5.98. The van der Waals surface area contributed by atoms with Crippen molar-refractivity contribution in [3.8, 4) is 11.5 Å². The van der Waals surface area contributed by atoms with Crippen molar-refractivity contribution in [2.75, 3.05) is 14.2 Å². The van der Waals surface area contributed by atoms with Crippen molar-refractivity contribution in [2.24, 2.45) is 10.9 Å². The van der Waals surface area contributed by atoms with Gasteiger partial charge in [0.05, 0.1) is 14.2 Å². The highest BCUT2D eigenvalue weighted by Crippen LogP contribution is 2.48. The van der Waals surface area contributed by atoms with E-state index in [0.717, 1.165) is 42.5 Å². The van der Waals surface area contributed by atoms with Gasteiger partial charge in [0.25, 0.3) is 0 Å². The van der Waals surface area contributed by atoms with Crippen LogP contribution in [0.1, 0.15) is 68.4 Å². The van der Waals surface area contributed by atoms with E-state index in [1.165, 1.54) is 0 Å². The molecule has 1 heterocycles. The lowest BCUT2D eigenvalue weighted by molar-refractivity contribution is -0.151. The Kier molecular flexibility index (Phi) is 7.38. The molecule has 1 fully saturated rings. The van der Waals surface area contributed by atoms with Crippen LogP contribution in [0.5, 0.6) is 11.5 Å². The number of nitrogens with zero attached hydrogens (tertiary/aromatic N) is 1. The monoisotopic (exact) mass is 521 g/mol. The summed E-state index contributed by atoms with van der Waals surface area (Å²) in [4.78, 5) is 32.2. The summed E-state index contributed by atoms with van der Waals surface area (Å²) in [6.45, 7) is 1.87. The first-order chi connectivity index (χ1) is 17.9. The fourth-order valence-corrected chi connectivity index (χ4v) is 6.11. The zero-order chi connectivity index (χ0) is 26.1. The maximum Gasteiger partial charge on any atom is 0.315 e. The third kappa shape index (κ3) is 5.04. The predicted octanol–water partition coefficient (Wildman–Crippen LogP) is 6.42. The fraction of sp³-hybridized carbons (Fsp3) is 0.433. The lowest BCUT2D eigenvalue weighted by Crippen LogP contribution is -2.39. The van der Waals surface area contributed by atoms with E-state index in [0.29, 0.717) is 40.6 Å². The first kappa shape index (κ1) is 25.5. The molecular weight excluding hydrogens is 490 g/mol. The van der Waals surface area contributed by atoms with Gasteiger partial charge in [0.15, 0.2) is 17.3 Å². The van der Waals surface area contributed by atoms with Gasteiger partial charge in [0.1, 0.15) is 12.0 Å². The average molecular weight is 522 g/mol. The van der Waals surface area contributed by atoms with Crippen LogP contribution < -0.4 is 9.47 Å². The number of carbonyl (C=O) groups excluding carboxylic acids is 2. The zero-order valence-corrected chi connectivity index (χ0v) is 22.2. The number of esters is 1. The van der Waals surface area contributed by atoms with Gasteiger partial charge in [-0.1, -0.05) is 29.8 Å². The van der Waals surface area contributed by atoms with Gasteiger partial charge in [-0.3, -0.25) is 14.6 Å². The van der Waals surface area contributed by atoms with Gasteiger partial charge in [-0.2, -0.15) is 0 Å². The summed E-state index contributed by atoms with van der Waals surface area (Å²) in [5, 5.41) is 0.604. The van der Waals surface area contributed by atoms with E-state index in [1.807, 2.05) is 37.3 Å². The van der Waals surface area contributed by atoms with E-state index in [2.05, 4.69) is 0 Å². The molecule has 37 heavy (non-hydrogen) atoms. The number of Topliss-reactive ketones (excluding diaryl/α,β-unsaturated/α-hetero) is 1. The Hall–Kier alpha value is -3.12. The lowest BCUT2D eigenvalue weighted by Gasteiger charge is -2.37. The first-order valence-electron chi connectivity index (χ1n) is 12.9. The molecule has 2 aromatic carbocycles. The molecule has 0 saturated heterocycles. The molecule has 0 spiro atoms. The summed E-state index contributed by atoms with van der Waals surface area (Å²) >= 11 is 6.18. The molecule has 0 radical (unpaired) electrons. The van der Waals surface area contributed by atoms with E-state index in [1.54, 1.807) is 26.4 Å². The van der Waals surface area contributed by atoms with Gasteiger partial charge in [-0.15, -0.1) is 0 Å². The smallest absolute Gasteiger partial charge is 0.315 e. The van der Waals surface area contributed by atoms with E-state index >= 15 is 0 Å². The number of carbonyl (C=O) groups is 2. The molecule has 7 heteroatoms. The topological polar surface area (TPSA) is 74.2 Å². The summed E-state index contributed by atoms with van der Waals surface area (Å²) in [5.41, 5.74) is 3.92. The Morgan fingerprint density at radius 2 is 1.62 bits per heavy atom. The van der Waals surface area contributed by atoms with E-state index in [9.17, 15) is 9.59 Å². The van der Waals surface area contributed by atoms with Crippen LogP contribution in [-0.4, -0.2) is 37.8 Å². The summed E-state index contributed by atoms with van der Waals surface area (Å²) in [6, 6.07) is 13.2. The van der Waals surface area contributed by atoms with Crippen LogP contribution in [0.4, 0.5) is 0 Å². The molecule has 0 amide bonds. The molecule has 6 nitrogen and oxygen atoms in total. The number of methoxy groups -OCH3 is 2. The maximum absolute atomic E-state index is 13.8. The number of ether oxygens (including phenoxy) is 3. The molecule has 1 aliphatic heterocycles. The molecule has 5 rings (SSSR count). The normalized spacial score (nSPS) is 23.9. The molecule has 3 aliphatic rings. The minimum Gasteiger partial charge on any atom is -0.493 e. The number of hydrogen-bond acceptors (Lipinski definition) is 6. The number of hydrogen-bond donors (Lipinski definition) is 0. The van der Waals surface area contributed by atoms with Crippen molar-refractivity contribution < 1.29 is 23.8 Å². The summed E-state index contributed by atoms with van der Waals surface area (Å²) < 4.78 is 16.8. The summed E-state index contributed by atoms with van der Waals surface area (Å²) in [7, 11) is 3.20. The highest BCUT2D eigenvalue weighted by molar-refractivity contribution is 6.30. The standard InChI is InChI=1S/C30H32ClNO5/c1-17-27(30(34)37-22-6-4-5-7-22)28(18-8-11-21(31)12-9-18)29-23(32-17)14-20(15-24(29)33)19-10-13-25(35-2)26(16-19)36-3/h8-13,16,20,22,27-28H,4-7,14-15H2,1-3H3/t20-,27?,28-/m0/s1. The number of allylic oxidation sites excluding steroid dienone is 2. The number of ketones is 1. The highest BCUT2D eigenvalue weighted by Gasteiger charge is 2.45. The Morgan fingerprint density at radius 3 is 2.30 bits per heavy atom. The molecule has 0 N–H and O–H groups in total. The van der Waals surface area contributed by atoms with Gasteiger partial charge >= 0.3 is 5.97 Å². The average Bonchev–Trinajstić information content (AvgIpc) is 3.40. The van der Waals surface area contributed by atoms with Crippen LogP contribution >= 0.6 is 11.6 Å². The van der Waals surface area contributed by atoms with Gasteiger partial charge in [0, 0.05) is 34.3 Å². The SMILES string of the molecule is COc1ccc([C@@H]2CC(=O)C3=C(C2)N=C(C)C(C(=O)OC2CCCC2)[C@@H]3c2ccc(Cl)cc2)cc1OC. The van der Waals surface area contributed by atoms with Crippen LogP contribution in [-0.2, 0) is 14.3 Å². The van der Waals surface area contributed by atoms with Gasteiger partial charge in [-0.05, 0) is 80.3 Å². The molecule has 3 atom stereocenters. The molecule has 194 valence electrons. The highest BCUT2D eigenvalue weighted by atomic mass is 35.5. The van der Waals surface area contributed by atoms with Crippen molar-refractivity contribution in [3.63, 3.8) is 0 Å². The van der Waals surface area contributed by atoms with Crippen LogP contribution in [0, 0.1) is 5.92 Å². The van der Waals surface area contributed by atoms with E-state index in [4.69, 9.17) is 30.8 Å². The molecule has 2 aromatic rings. The zero-order valence-electron chi connectivity index (χ0n) is 21.5. The Labute approximate surface area is 222 Å². The Bertz CT molecular complexity index is 1260. The van der Waals surface area contributed by atoms with Crippen molar-refractivity contribution in [1.82, 2.24) is 0 Å². The van der Waals surface area contributed by atoms with Crippen LogP contribution in [0.2, 0.25) is 5.02 Å². The van der Waals surface area contributed by atoms with Crippen molar-refractivity contribution >= 4 is 29.1 Å². The molecule has 1 saturated carbocycles. The van der Waals surface area contributed by atoms with Gasteiger partial charge in [-0.25, -0.2) is 0 Å². The molecule has 0 bridgehead atoms. The van der Waals surface area contributed by atoms with Gasteiger partial charge < -0.3 is 14.2 Å². The number of halogens is 1. The Morgan fingerprint density at radius 1 is 0.946 bits per heavy atom. The minimum atomic E-state index is -0.637. The minimum absolute atomic E-state index is 0.0101. The van der Waals surface area contributed by atoms with Crippen molar-refractivity contribution in [3.05, 3.63) is 69.9 Å². The van der Waals surface area contributed by atoms with E-state index in [-0.39, 0.29) is 23.8 Å². The number of benzene rings is 2. The number of aliphatic imine (C=N–C) groups is 1. The molecule has 1 unspecified atom stereocenters.